The molecule has 7 heteroatoms. The second kappa shape index (κ2) is 7.63. The van der Waals surface area contributed by atoms with Gasteiger partial charge >= 0.3 is 0 Å². The maximum Gasteiger partial charge on any atom is 0.225 e. The normalized spacial score (nSPS) is 17.1. The molecule has 3 heterocycles. The van der Waals surface area contributed by atoms with Crippen LogP contribution in [0.4, 0.5) is 0 Å². The van der Waals surface area contributed by atoms with Crippen molar-refractivity contribution >= 4 is 11.8 Å². The number of aromatic nitrogens is 3. The first-order valence-electron chi connectivity index (χ1n) is 7.92. The number of carbonyl (C=O) groups excluding carboxylic acids is 2. The van der Waals surface area contributed by atoms with Gasteiger partial charge in [-0.3, -0.25) is 24.5 Å². The molecule has 24 heavy (non-hydrogen) atoms. The summed E-state index contributed by atoms with van der Waals surface area (Å²) in [5, 5.41) is 2.88. The van der Waals surface area contributed by atoms with E-state index in [4.69, 9.17) is 0 Å². The molecular weight excluding hydrogens is 306 g/mol. The van der Waals surface area contributed by atoms with Gasteiger partial charge < -0.3 is 10.2 Å². The summed E-state index contributed by atoms with van der Waals surface area (Å²) in [5.74, 6) is -0.395. The van der Waals surface area contributed by atoms with Gasteiger partial charge in [-0.15, -0.1) is 0 Å². The molecule has 0 aliphatic carbocycles. The molecule has 0 spiro atoms. The summed E-state index contributed by atoms with van der Waals surface area (Å²) in [5.41, 5.74) is 1.66. The van der Waals surface area contributed by atoms with Crippen molar-refractivity contribution in [2.75, 3.05) is 13.1 Å². The summed E-state index contributed by atoms with van der Waals surface area (Å²) in [6.45, 7) is 1.37. The molecule has 2 aromatic rings. The standard InChI is InChI=1S/C17H19N5O2/c23-16-9-13(11-22(16)12-15-3-1-2-5-19-15)17(24)21-6-4-14-10-18-7-8-20-14/h1-3,5,7-8,10,13H,4,6,9,11-12H2,(H,21,24)/t13-/m1/s1. The van der Waals surface area contributed by atoms with Crippen molar-refractivity contribution in [2.45, 2.75) is 19.4 Å². The van der Waals surface area contributed by atoms with E-state index < -0.39 is 0 Å². The van der Waals surface area contributed by atoms with Gasteiger partial charge in [0.15, 0.2) is 0 Å². The molecule has 0 saturated carbocycles. The number of likely N-dealkylation sites (tertiary alicyclic amines) is 1. The molecule has 3 rings (SSSR count). The summed E-state index contributed by atoms with van der Waals surface area (Å²) in [7, 11) is 0. The first kappa shape index (κ1) is 16.0. The Morgan fingerprint density at radius 3 is 2.83 bits per heavy atom. The van der Waals surface area contributed by atoms with Gasteiger partial charge in [-0.2, -0.15) is 0 Å². The molecule has 0 unspecified atom stereocenters. The molecule has 1 aliphatic rings. The van der Waals surface area contributed by atoms with Crippen molar-refractivity contribution in [2.24, 2.45) is 5.92 Å². The lowest BCUT2D eigenvalue weighted by molar-refractivity contribution is -0.129. The SMILES string of the molecule is O=C(NCCc1cnccn1)[C@@H]1CC(=O)N(Cc2ccccn2)C1. The fourth-order valence-corrected chi connectivity index (χ4v) is 2.70. The maximum absolute atomic E-state index is 12.2. The smallest absolute Gasteiger partial charge is 0.225 e. The Hall–Kier alpha value is -2.83. The van der Waals surface area contributed by atoms with Crippen LogP contribution in [0, 0.1) is 5.92 Å². The van der Waals surface area contributed by atoms with Crippen molar-refractivity contribution in [1.82, 2.24) is 25.2 Å². The Morgan fingerprint density at radius 2 is 2.08 bits per heavy atom. The number of pyridine rings is 1. The Morgan fingerprint density at radius 1 is 1.21 bits per heavy atom. The predicted octanol–water partition coefficient (Wildman–Crippen LogP) is 0.579. The molecule has 0 aromatic carbocycles. The predicted molar refractivity (Wildman–Crippen MR) is 86.5 cm³/mol. The maximum atomic E-state index is 12.2. The zero-order chi connectivity index (χ0) is 16.8. The lowest BCUT2D eigenvalue weighted by Gasteiger charge is -2.16. The van der Waals surface area contributed by atoms with Crippen LogP contribution in [0.1, 0.15) is 17.8 Å². The van der Waals surface area contributed by atoms with Crippen LogP contribution in [0.15, 0.2) is 43.0 Å². The number of nitrogens with one attached hydrogen (secondary N) is 1. The summed E-state index contributed by atoms with van der Waals surface area (Å²) in [4.78, 5) is 38.4. The summed E-state index contributed by atoms with van der Waals surface area (Å²) in [6.07, 6.45) is 7.50. The van der Waals surface area contributed by atoms with Gasteiger partial charge in [0.05, 0.1) is 23.9 Å². The minimum absolute atomic E-state index is 0.00488. The zero-order valence-electron chi connectivity index (χ0n) is 13.3. The third-order valence-electron chi connectivity index (χ3n) is 3.96. The van der Waals surface area contributed by atoms with Crippen LogP contribution >= 0.6 is 0 Å². The topological polar surface area (TPSA) is 88.1 Å². The largest absolute Gasteiger partial charge is 0.355 e. The van der Waals surface area contributed by atoms with Crippen LogP contribution in [0.25, 0.3) is 0 Å². The molecular formula is C17H19N5O2. The number of amides is 2. The number of carbonyl (C=O) groups is 2. The minimum atomic E-state index is -0.303. The average Bonchev–Trinajstić information content (AvgIpc) is 2.97. The molecule has 1 N–H and O–H groups in total. The second-order valence-electron chi connectivity index (χ2n) is 5.73. The molecule has 1 atom stereocenters. The van der Waals surface area contributed by atoms with E-state index in [0.29, 0.717) is 26.1 Å². The van der Waals surface area contributed by atoms with E-state index in [9.17, 15) is 9.59 Å². The van der Waals surface area contributed by atoms with Crippen molar-refractivity contribution in [3.05, 3.63) is 54.4 Å². The average molecular weight is 325 g/mol. The van der Waals surface area contributed by atoms with E-state index >= 15 is 0 Å². The third-order valence-corrected chi connectivity index (χ3v) is 3.96. The Bertz CT molecular complexity index is 693. The molecule has 2 amide bonds. The lowest BCUT2D eigenvalue weighted by atomic mass is 10.1. The van der Waals surface area contributed by atoms with Gasteiger partial charge in [-0.1, -0.05) is 6.07 Å². The quantitative estimate of drug-likeness (QED) is 0.839. The highest BCUT2D eigenvalue weighted by Gasteiger charge is 2.34. The number of nitrogens with zero attached hydrogens (tertiary/aromatic N) is 4. The molecule has 1 fully saturated rings. The minimum Gasteiger partial charge on any atom is -0.355 e. The highest BCUT2D eigenvalue weighted by atomic mass is 16.2. The van der Waals surface area contributed by atoms with Crippen LogP contribution < -0.4 is 5.32 Å². The molecule has 2 aromatic heterocycles. The van der Waals surface area contributed by atoms with E-state index in [-0.39, 0.29) is 24.2 Å². The van der Waals surface area contributed by atoms with Gasteiger partial charge in [-0.25, -0.2) is 0 Å². The van der Waals surface area contributed by atoms with E-state index in [0.717, 1.165) is 11.4 Å². The van der Waals surface area contributed by atoms with Crippen molar-refractivity contribution in [3.63, 3.8) is 0 Å². The first-order valence-corrected chi connectivity index (χ1v) is 7.92. The summed E-state index contributed by atoms with van der Waals surface area (Å²) < 4.78 is 0. The van der Waals surface area contributed by atoms with Crippen molar-refractivity contribution < 1.29 is 9.59 Å². The first-order chi connectivity index (χ1) is 11.7. The summed E-state index contributed by atoms with van der Waals surface area (Å²) >= 11 is 0. The third kappa shape index (κ3) is 4.13. The van der Waals surface area contributed by atoms with Crippen molar-refractivity contribution in [3.8, 4) is 0 Å². The Kier molecular flexibility index (Phi) is 5.10. The second-order valence-corrected chi connectivity index (χ2v) is 5.73. The van der Waals surface area contributed by atoms with Crippen LogP contribution in [0.3, 0.4) is 0 Å². The van der Waals surface area contributed by atoms with Crippen molar-refractivity contribution in [1.29, 1.82) is 0 Å². The molecule has 1 saturated heterocycles. The zero-order valence-corrected chi connectivity index (χ0v) is 13.3. The highest BCUT2D eigenvalue weighted by Crippen LogP contribution is 2.19. The Labute approximate surface area is 140 Å². The van der Waals surface area contributed by atoms with Crippen LogP contribution in [-0.2, 0) is 22.6 Å². The van der Waals surface area contributed by atoms with E-state index in [1.807, 2.05) is 18.2 Å². The Balaban J connectivity index is 1.47. The monoisotopic (exact) mass is 325 g/mol. The van der Waals surface area contributed by atoms with Gasteiger partial charge in [0.1, 0.15) is 0 Å². The molecule has 124 valence electrons. The van der Waals surface area contributed by atoms with Crippen LogP contribution in [0.5, 0.6) is 0 Å². The fourth-order valence-electron chi connectivity index (χ4n) is 2.70. The van der Waals surface area contributed by atoms with Gasteiger partial charge in [0, 0.05) is 50.7 Å². The molecule has 0 bridgehead atoms. The highest BCUT2D eigenvalue weighted by molar-refractivity contribution is 5.89. The molecule has 1 aliphatic heterocycles. The van der Waals surface area contributed by atoms with E-state index in [1.54, 1.807) is 29.7 Å². The fraction of sp³-hybridized carbons (Fsp3) is 0.353. The van der Waals surface area contributed by atoms with Crippen LogP contribution in [-0.4, -0.2) is 44.8 Å². The number of rotatable bonds is 6. The summed E-state index contributed by atoms with van der Waals surface area (Å²) in [6, 6.07) is 5.60. The number of hydrogen-bond acceptors (Lipinski definition) is 5. The van der Waals surface area contributed by atoms with Gasteiger partial charge in [0.25, 0.3) is 0 Å². The van der Waals surface area contributed by atoms with E-state index in [2.05, 4.69) is 20.3 Å². The lowest BCUT2D eigenvalue weighted by Crippen LogP contribution is -2.34. The van der Waals surface area contributed by atoms with Gasteiger partial charge in [-0.05, 0) is 12.1 Å². The number of hydrogen-bond donors (Lipinski definition) is 1. The van der Waals surface area contributed by atoms with E-state index in [1.165, 1.54) is 0 Å². The van der Waals surface area contributed by atoms with Gasteiger partial charge in [0.2, 0.25) is 11.8 Å². The molecule has 0 radical (unpaired) electrons. The molecule has 7 nitrogen and oxygen atoms in total. The van der Waals surface area contributed by atoms with Crippen LogP contribution in [0.2, 0.25) is 0 Å².